The second-order valence-electron chi connectivity index (χ2n) is 5.37. The van der Waals surface area contributed by atoms with E-state index in [0.717, 1.165) is 17.5 Å². The van der Waals surface area contributed by atoms with Crippen molar-refractivity contribution in [2.24, 2.45) is 0 Å². The van der Waals surface area contributed by atoms with E-state index in [-0.39, 0.29) is 0 Å². The van der Waals surface area contributed by atoms with Crippen molar-refractivity contribution < 1.29 is 17.9 Å². The van der Waals surface area contributed by atoms with E-state index in [1.807, 2.05) is 32.0 Å². The maximum absolute atomic E-state index is 12.9. The Labute approximate surface area is 126 Å². The van der Waals surface area contributed by atoms with Crippen molar-refractivity contribution in [2.75, 3.05) is 18.0 Å². The lowest BCUT2D eigenvalue weighted by atomic mass is 10.1. The topological polar surface area (TPSA) is 63.7 Å². The van der Waals surface area contributed by atoms with Gasteiger partial charge in [-0.3, -0.25) is 9.10 Å². The van der Waals surface area contributed by atoms with Gasteiger partial charge in [0.2, 0.25) is 10.0 Å². The highest BCUT2D eigenvalue weighted by molar-refractivity contribution is 7.94. The lowest BCUT2D eigenvalue weighted by Gasteiger charge is -2.28. The molecule has 0 aromatic heterocycles. The van der Waals surface area contributed by atoms with Crippen LogP contribution in [0.5, 0.6) is 0 Å². The van der Waals surface area contributed by atoms with Crippen LogP contribution >= 0.6 is 0 Å². The summed E-state index contributed by atoms with van der Waals surface area (Å²) in [4.78, 5) is 11.9. The molecular weight excluding hydrogens is 290 g/mol. The minimum Gasteiger partial charge on any atom is -0.468 e. The molecule has 0 radical (unpaired) electrons. The Morgan fingerprint density at radius 3 is 2.43 bits per heavy atom. The zero-order valence-corrected chi connectivity index (χ0v) is 13.4. The Balaban J connectivity index is 2.54. The fourth-order valence-electron chi connectivity index (χ4n) is 2.82. The quantitative estimate of drug-likeness (QED) is 0.785. The summed E-state index contributed by atoms with van der Waals surface area (Å²) >= 11 is 0. The molecule has 1 aliphatic heterocycles. The van der Waals surface area contributed by atoms with Gasteiger partial charge in [0.25, 0.3) is 0 Å². The molecule has 2 rings (SSSR count). The summed E-state index contributed by atoms with van der Waals surface area (Å²) in [5, 5.41) is -1.11. The van der Waals surface area contributed by atoms with Crippen molar-refractivity contribution in [2.45, 2.75) is 38.4 Å². The van der Waals surface area contributed by atoms with E-state index < -0.39 is 21.2 Å². The highest BCUT2D eigenvalue weighted by atomic mass is 32.2. The minimum atomic E-state index is -3.75. The number of sulfonamides is 1. The Kier molecular flexibility index (Phi) is 4.56. The van der Waals surface area contributed by atoms with Crippen LogP contribution in [0.25, 0.3) is 0 Å². The van der Waals surface area contributed by atoms with Crippen LogP contribution in [0, 0.1) is 13.8 Å². The van der Waals surface area contributed by atoms with Crippen molar-refractivity contribution in [1.82, 2.24) is 0 Å². The molecule has 0 spiro atoms. The van der Waals surface area contributed by atoms with Gasteiger partial charge in [-0.2, -0.15) is 0 Å². The third kappa shape index (κ3) is 2.90. The molecule has 21 heavy (non-hydrogen) atoms. The fourth-order valence-corrected chi connectivity index (χ4v) is 4.86. The minimum absolute atomic E-state index is 0.316. The van der Waals surface area contributed by atoms with Crippen molar-refractivity contribution >= 4 is 21.7 Å². The van der Waals surface area contributed by atoms with Gasteiger partial charge in [0.1, 0.15) is 0 Å². The predicted octanol–water partition coefficient (Wildman–Crippen LogP) is 2.17. The normalized spacial score (nSPS) is 21.7. The molecule has 1 atom stereocenters. The van der Waals surface area contributed by atoms with E-state index in [0.29, 0.717) is 25.1 Å². The van der Waals surface area contributed by atoms with Crippen molar-refractivity contribution in [1.29, 1.82) is 0 Å². The van der Waals surface area contributed by atoms with Crippen molar-refractivity contribution in [3.8, 4) is 0 Å². The molecule has 1 fully saturated rings. The molecule has 0 amide bonds. The molecule has 116 valence electrons. The van der Waals surface area contributed by atoms with E-state index >= 15 is 0 Å². The standard InChI is InChI=1S/C15H21NO4S/c1-11-7-6-8-12(2)14(11)16-10-5-4-9-13(15(17)20-3)21(16,18)19/h6-8,13H,4-5,9-10H2,1-3H3. The van der Waals surface area contributed by atoms with Crippen molar-refractivity contribution in [3.63, 3.8) is 0 Å². The van der Waals surface area contributed by atoms with E-state index in [4.69, 9.17) is 0 Å². The van der Waals surface area contributed by atoms with Crippen LogP contribution in [0.4, 0.5) is 5.69 Å². The number of methoxy groups -OCH3 is 1. The van der Waals surface area contributed by atoms with Crippen LogP contribution in [0.15, 0.2) is 18.2 Å². The van der Waals surface area contributed by atoms with Crippen molar-refractivity contribution in [3.05, 3.63) is 29.3 Å². The van der Waals surface area contributed by atoms with Gasteiger partial charge in [-0.05, 0) is 44.2 Å². The number of carbonyl (C=O) groups excluding carboxylic acids is 1. The SMILES string of the molecule is COC(=O)C1CCCCN(c2c(C)cccc2C)S1(=O)=O. The molecule has 1 unspecified atom stereocenters. The van der Waals surface area contributed by atoms with Gasteiger partial charge in [-0.15, -0.1) is 0 Å². The van der Waals surface area contributed by atoms with Crippen LogP contribution < -0.4 is 4.31 Å². The summed E-state index contributed by atoms with van der Waals surface area (Å²) in [5.41, 5.74) is 2.47. The lowest BCUT2D eigenvalue weighted by molar-refractivity contribution is -0.140. The van der Waals surface area contributed by atoms with Gasteiger partial charge in [-0.1, -0.05) is 18.2 Å². The molecule has 0 aliphatic carbocycles. The Bertz CT molecular complexity index is 619. The first kappa shape index (κ1) is 15.8. The number of ether oxygens (including phenoxy) is 1. The molecule has 0 bridgehead atoms. The number of esters is 1. The zero-order valence-electron chi connectivity index (χ0n) is 12.6. The smallest absolute Gasteiger partial charge is 0.325 e. The number of hydrogen-bond acceptors (Lipinski definition) is 4. The maximum Gasteiger partial charge on any atom is 0.325 e. The van der Waals surface area contributed by atoms with Gasteiger partial charge in [0.15, 0.2) is 5.25 Å². The Morgan fingerprint density at radius 2 is 1.86 bits per heavy atom. The number of carbonyl (C=O) groups is 1. The summed E-state index contributed by atoms with van der Waals surface area (Å²) in [6.45, 7) is 4.17. The van der Waals surface area contributed by atoms with Gasteiger partial charge in [0, 0.05) is 6.54 Å². The average Bonchev–Trinajstić information content (AvgIpc) is 2.57. The largest absolute Gasteiger partial charge is 0.468 e. The second kappa shape index (κ2) is 6.05. The molecular formula is C15H21NO4S. The molecule has 6 heteroatoms. The van der Waals surface area contributed by atoms with Gasteiger partial charge in [0.05, 0.1) is 12.8 Å². The fraction of sp³-hybridized carbons (Fsp3) is 0.533. The number of hydrogen-bond donors (Lipinski definition) is 0. The van der Waals surface area contributed by atoms with Crippen LogP contribution in [0.1, 0.15) is 30.4 Å². The monoisotopic (exact) mass is 311 g/mol. The zero-order chi connectivity index (χ0) is 15.6. The lowest BCUT2D eigenvalue weighted by Crippen LogP contribution is -2.42. The summed E-state index contributed by atoms with van der Waals surface area (Å²) < 4.78 is 31.8. The third-order valence-electron chi connectivity index (χ3n) is 3.90. The highest BCUT2D eigenvalue weighted by Crippen LogP contribution is 2.32. The van der Waals surface area contributed by atoms with Crippen LogP contribution in [0.3, 0.4) is 0 Å². The molecule has 1 aromatic carbocycles. The molecule has 1 aliphatic rings. The summed E-state index contributed by atoms with van der Waals surface area (Å²) in [6, 6.07) is 5.67. The second-order valence-corrected chi connectivity index (χ2v) is 7.40. The van der Waals surface area contributed by atoms with Gasteiger partial charge >= 0.3 is 5.97 Å². The van der Waals surface area contributed by atoms with Gasteiger partial charge in [-0.25, -0.2) is 8.42 Å². The average molecular weight is 311 g/mol. The Hall–Kier alpha value is -1.56. The maximum atomic E-state index is 12.9. The van der Waals surface area contributed by atoms with E-state index in [9.17, 15) is 13.2 Å². The van der Waals surface area contributed by atoms with E-state index in [1.54, 1.807) is 0 Å². The summed E-state index contributed by atoms with van der Waals surface area (Å²) in [6.07, 6.45) is 1.75. The number of para-hydroxylation sites is 1. The predicted molar refractivity (Wildman–Crippen MR) is 81.8 cm³/mol. The Morgan fingerprint density at radius 1 is 1.24 bits per heavy atom. The first-order chi connectivity index (χ1) is 9.89. The molecule has 1 aromatic rings. The highest BCUT2D eigenvalue weighted by Gasteiger charge is 2.40. The first-order valence-corrected chi connectivity index (χ1v) is 8.55. The number of anilines is 1. The number of aryl methyl sites for hydroxylation is 2. The molecule has 1 saturated heterocycles. The third-order valence-corrected chi connectivity index (χ3v) is 6.02. The number of rotatable bonds is 2. The molecule has 0 N–H and O–H groups in total. The summed E-state index contributed by atoms with van der Waals surface area (Å²) in [5.74, 6) is -0.673. The van der Waals surface area contributed by atoms with Crippen LogP contribution in [-0.2, 0) is 19.6 Å². The van der Waals surface area contributed by atoms with Crippen LogP contribution in [0.2, 0.25) is 0 Å². The van der Waals surface area contributed by atoms with E-state index in [1.165, 1.54) is 11.4 Å². The molecule has 1 heterocycles. The number of benzene rings is 1. The van der Waals surface area contributed by atoms with E-state index in [2.05, 4.69) is 4.74 Å². The van der Waals surface area contributed by atoms with Crippen LogP contribution in [-0.4, -0.2) is 33.3 Å². The molecule has 0 saturated carbocycles. The summed E-state index contributed by atoms with van der Waals surface area (Å²) in [7, 11) is -2.52. The van der Waals surface area contributed by atoms with Gasteiger partial charge < -0.3 is 4.74 Å². The molecule has 5 nitrogen and oxygen atoms in total. The first-order valence-electron chi connectivity index (χ1n) is 7.05. The number of nitrogens with zero attached hydrogens (tertiary/aromatic N) is 1.